The Morgan fingerprint density at radius 2 is 1.86 bits per heavy atom. The van der Waals surface area contributed by atoms with Crippen molar-refractivity contribution in [3.63, 3.8) is 0 Å². The topological polar surface area (TPSA) is 75.5 Å². The van der Waals surface area contributed by atoms with Gasteiger partial charge < -0.3 is 4.90 Å². The van der Waals surface area contributed by atoms with Crippen LogP contribution in [0.1, 0.15) is 15.4 Å². The summed E-state index contributed by atoms with van der Waals surface area (Å²) < 4.78 is 29.5. The lowest BCUT2D eigenvalue weighted by Gasteiger charge is -2.33. The van der Waals surface area contributed by atoms with Crippen molar-refractivity contribution in [2.24, 2.45) is 7.05 Å². The summed E-state index contributed by atoms with van der Waals surface area (Å²) in [5.74, 6) is -0.193. The molecule has 1 fully saturated rings. The number of hydrogen-bond acceptors (Lipinski definition) is 5. The molecule has 7 nitrogen and oxygen atoms in total. The molecule has 3 heterocycles. The van der Waals surface area contributed by atoms with Crippen LogP contribution in [0.3, 0.4) is 0 Å². The first-order valence-electron chi connectivity index (χ1n) is 8.85. The fraction of sp³-hybridized carbons (Fsp3) is 0.333. The number of fused-ring (bicyclic) bond motifs is 1. The second kappa shape index (κ2) is 7.55. The number of nitrogens with zero attached hydrogens (tertiary/aromatic N) is 4. The summed E-state index contributed by atoms with van der Waals surface area (Å²) in [6.45, 7) is 2.70. The number of carbonyl (C=O) groups excluding carboxylic acids is 1. The van der Waals surface area contributed by atoms with Gasteiger partial charge in [-0.25, -0.2) is 8.42 Å². The highest BCUT2D eigenvalue weighted by Crippen LogP contribution is 2.37. The lowest BCUT2D eigenvalue weighted by atomic mass is 10.2. The molecular weight excluding hydrogens is 455 g/mol. The molecule has 1 aromatic carbocycles. The smallest absolute Gasteiger partial charge is 0.265 e. The van der Waals surface area contributed by atoms with Crippen LogP contribution in [0.4, 0.5) is 0 Å². The van der Waals surface area contributed by atoms with Crippen molar-refractivity contribution in [1.82, 2.24) is 19.0 Å². The number of halogens is 2. The van der Waals surface area contributed by atoms with Gasteiger partial charge in [0.05, 0.1) is 10.7 Å². The van der Waals surface area contributed by atoms with Crippen molar-refractivity contribution in [2.45, 2.75) is 11.8 Å². The van der Waals surface area contributed by atoms with Crippen LogP contribution >= 0.6 is 34.5 Å². The third-order valence-electron chi connectivity index (χ3n) is 4.90. The molecular formula is C18H18Cl2N4O3S2. The Labute approximate surface area is 182 Å². The Hall–Kier alpha value is -1.65. The number of amides is 1. The number of aromatic nitrogens is 2. The van der Waals surface area contributed by atoms with Gasteiger partial charge in [-0.1, -0.05) is 29.3 Å². The van der Waals surface area contributed by atoms with E-state index in [0.717, 1.165) is 10.1 Å². The molecule has 1 saturated heterocycles. The van der Waals surface area contributed by atoms with E-state index in [1.54, 1.807) is 37.1 Å². The maximum absolute atomic E-state index is 13.0. The van der Waals surface area contributed by atoms with Gasteiger partial charge in [-0.3, -0.25) is 9.48 Å². The largest absolute Gasteiger partial charge is 0.335 e. The summed E-state index contributed by atoms with van der Waals surface area (Å²) in [5, 5.41) is 5.90. The molecule has 0 aliphatic carbocycles. The zero-order valence-corrected chi connectivity index (χ0v) is 18.9. The predicted octanol–water partition coefficient (Wildman–Crippen LogP) is 3.40. The normalized spacial score (nSPS) is 15.9. The van der Waals surface area contributed by atoms with E-state index in [0.29, 0.717) is 33.7 Å². The van der Waals surface area contributed by atoms with E-state index in [9.17, 15) is 13.2 Å². The molecule has 2 aromatic heterocycles. The molecule has 0 unspecified atom stereocenters. The summed E-state index contributed by atoms with van der Waals surface area (Å²) in [7, 11) is -1.96. The second-order valence-electron chi connectivity index (χ2n) is 6.83. The van der Waals surface area contributed by atoms with Crippen LogP contribution in [-0.2, 0) is 17.1 Å². The quantitative estimate of drug-likeness (QED) is 0.585. The minimum absolute atomic E-state index is 0.193. The average Bonchev–Trinajstić information content (AvgIpc) is 3.20. The van der Waals surface area contributed by atoms with Crippen molar-refractivity contribution < 1.29 is 13.2 Å². The second-order valence-corrected chi connectivity index (χ2v) is 10.6. The van der Waals surface area contributed by atoms with Crippen LogP contribution < -0.4 is 0 Å². The van der Waals surface area contributed by atoms with Gasteiger partial charge >= 0.3 is 0 Å². The number of thiophene rings is 1. The van der Waals surface area contributed by atoms with Gasteiger partial charge in [-0.2, -0.15) is 9.40 Å². The molecule has 154 valence electrons. The maximum Gasteiger partial charge on any atom is 0.265 e. The highest BCUT2D eigenvalue weighted by Gasteiger charge is 2.33. The average molecular weight is 473 g/mol. The number of hydrogen-bond donors (Lipinski definition) is 0. The molecule has 29 heavy (non-hydrogen) atoms. The molecule has 0 atom stereocenters. The van der Waals surface area contributed by atoms with E-state index >= 15 is 0 Å². The molecule has 0 radical (unpaired) electrons. The minimum Gasteiger partial charge on any atom is -0.335 e. The summed E-state index contributed by atoms with van der Waals surface area (Å²) in [4.78, 5) is 15.3. The Bertz CT molecular complexity index is 1210. The van der Waals surface area contributed by atoms with E-state index < -0.39 is 10.0 Å². The summed E-state index contributed by atoms with van der Waals surface area (Å²) in [6, 6.07) is 5.32. The van der Waals surface area contributed by atoms with Gasteiger partial charge in [0.1, 0.15) is 9.77 Å². The zero-order valence-electron chi connectivity index (χ0n) is 15.7. The molecule has 0 bridgehead atoms. The Morgan fingerprint density at radius 3 is 2.48 bits per heavy atom. The maximum atomic E-state index is 13.0. The summed E-state index contributed by atoms with van der Waals surface area (Å²) in [6.07, 6.45) is 1.50. The van der Waals surface area contributed by atoms with E-state index in [2.05, 4.69) is 5.10 Å². The van der Waals surface area contributed by atoms with Crippen molar-refractivity contribution in [3.05, 3.63) is 45.0 Å². The first-order valence-corrected chi connectivity index (χ1v) is 11.9. The third kappa shape index (κ3) is 3.66. The summed E-state index contributed by atoms with van der Waals surface area (Å²) in [5.41, 5.74) is 0.460. The van der Waals surface area contributed by atoms with E-state index in [1.807, 2.05) is 0 Å². The minimum atomic E-state index is -3.65. The molecule has 0 saturated carbocycles. The molecule has 4 rings (SSSR count). The van der Waals surface area contributed by atoms with Crippen LogP contribution in [0.15, 0.2) is 29.3 Å². The van der Waals surface area contributed by atoms with Gasteiger partial charge in [-0.15, -0.1) is 11.3 Å². The van der Waals surface area contributed by atoms with Crippen molar-refractivity contribution in [3.8, 4) is 0 Å². The van der Waals surface area contributed by atoms with Gasteiger partial charge in [0.25, 0.3) is 5.91 Å². The van der Waals surface area contributed by atoms with E-state index in [1.165, 1.54) is 26.5 Å². The third-order valence-corrected chi connectivity index (χ3v) is 8.78. The lowest BCUT2D eigenvalue weighted by molar-refractivity contribution is 0.0703. The highest BCUT2D eigenvalue weighted by atomic mass is 35.5. The Morgan fingerprint density at radius 1 is 1.17 bits per heavy atom. The molecule has 0 spiro atoms. The standard InChI is InChI=1S/C18H18Cl2N4O3S2/c1-11-15(10-22(2)21-11)29(26,27)24-7-5-23(6-8-24)18(25)17-16(20)13-4-3-12(19)9-14(13)28-17/h3-4,9-10H,5-8H2,1-2H3. The number of rotatable bonds is 3. The van der Waals surface area contributed by atoms with Crippen molar-refractivity contribution in [2.75, 3.05) is 26.2 Å². The predicted molar refractivity (Wildman–Crippen MR) is 114 cm³/mol. The van der Waals surface area contributed by atoms with E-state index in [4.69, 9.17) is 23.2 Å². The van der Waals surface area contributed by atoms with E-state index in [-0.39, 0.29) is 23.9 Å². The van der Waals surface area contributed by atoms with Gasteiger partial charge in [0.2, 0.25) is 10.0 Å². The molecule has 11 heteroatoms. The Balaban J connectivity index is 1.52. The van der Waals surface area contributed by atoms with Gasteiger partial charge in [0.15, 0.2) is 0 Å². The molecule has 1 amide bonds. The summed E-state index contributed by atoms with van der Waals surface area (Å²) >= 11 is 13.8. The number of piperazine rings is 1. The van der Waals surface area contributed by atoms with Crippen LogP contribution in [0.2, 0.25) is 10.0 Å². The van der Waals surface area contributed by atoms with Crippen LogP contribution in [0, 0.1) is 6.92 Å². The van der Waals surface area contributed by atoms with Gasteiger partial charge in [-0.05, 0) is 19.1 Å². The fourth-order valence-corrected chi connectivity index (χ4v) is 6.80. The SMILES string of the molecule is Cc1nn(C)cc1S(=O)(=O)N1CCN(C(=O)c2sc3cc(Cl)ccc3c2Cl)CC1. The lowest BCUT2D eigenvalue weighted by Crippen LogP contribution is -2.50. The molecule has 3 aromatic rings. The molecule has 0 N–H and O–H groups in total. The monoisotopic (exact) mass is 472 g/mol. The molecule has 1 aliphatic heterocycles. The van der Waals surface area contributed by atoms with Gasteiger partial charge in [0, 0.05) is 54.5 Å². The first-order chi connectivity index (χ1) is 13.7. The molecule has 1 aliphatic rings. The number of aryl methyl sites for hydroxylation is 2. The van der Waals surface area contributed by atoms with Crippen molar-refractivity contribution in [1.29, 1.82) is 0 Å². The zero-order chi connectivity index (χ0) is 20.9. The van der Waals surface area contributed by atoms with Crippen LogP contribution in [0.5, 0.6) is 0 Å². The number of carbonyl (C=O) groups is 1. The number of benzene rings is 1. The Kier molecular flexibility index (Phi) is 5.37. The first kappa shape index (κ1) is 20.6. The highest BCUT2D eigenvalue weighted by molar-refractivity contribution is 7.89. The fourth-order valence-electron chi connectivity index (χ4n) is 3.42. The van der Waals surface area contributed by atoms with Crippen LogP contribution in [-0.4, -0.2) is 59.5 Å². The van der Waals surface area contributed by atoms with Crippen molar-refractivity contribution >= 4 is 60.6 Å². The van der Waals surface area contributed by atoms with Crippen LogP contribution in [0.25, 0.3) is 10.1 Å². The number of sulfonamides is 1.